The lowest BCUT2D eigenvalue weighted by molar-refractivity contribution is -0.135. The maximum atomic E-state index is 12.5. The average molecular weight is 333 g/mol. The van der Waals surface area contributed by atoms with Crippen molar-refractivity contribution in [3.8, 4) is 0 Å². The van der Waals surface area contributed by atoms with Gasteiger partial charge in [-0.25, -0.2) is 0 Å². The van der Waals surface area contributed by atoms with Crippen LogP contribution in [0.25, 0.3) is 0 Å². The molecule has 2 N–H and O–H groups in total. The van der Waals surface area contributed by atoms with E-state index in [0.717, 1.165) is 6.42 Å². The molecule has 1 aliphatic heterocycles. The number of hydrogen-bond acceptors (Lipinski definition) is 4. The minimum atomic E-state index is -0.241. The third-order valence-electron chi connectivity index (χ3n) is 4.53. The average Bonchev–Trinajstić information content (AvgIpc) is 2.65. The fraction of sp³-hybridized carbons (Fsp3) is 0.556. The fourth-order valence-electron chi connectivity index (χ4n) is 2.81. The van der Waals surface area contributed by atoms with Crippen LogP contribution in [-0.4, -0.2) is 67.6 Å². The van der Waals surface area contributed by atoms with E-state index in [1.165, 1.54) is 5.56 Å². The molecule has 1 saturated heterocycles. The number of hydrogen-bond donors (Lipinski definition) is 1. The van der Waals surface area contributed by atoms with E-state index < -0.39 is 0 Å². The number of ether oxygens (including phenoxy) is 1. The molecule has 1 atom stereocenters. The van der Waals surface area contributed by atoms with Gasteiger partial charge >= 0.3 is 0 Å². The van der Waals surface area contributed by atoms with Crippen LogP contribution in [0.2, 0.25) is 0 Å². The number of carbonyl (C=O) groups excluding carboxylic acids is 2. The zero-order valence-electron chi connectivity index (χ0n) is 14.5. The largest absolute Gasteiger partial charge is 0.380 e. The number of amides is 2. The molecule has 2 amide bonds. The lowest BCUT2D eigenvalue weighted by atomic mass is 10.1. The van der Waals surface area contributed by atoms with Gasteiger partial charge in [0.15, 0.2) is 0 Å². The predicted molar refractivity (Wildman–Crippen MR) is 92.8 cm³/mol. The van der Waals surface area contributed by atoms with Gasteiger partial charge in [-0.3, -0.25) is 9.59 Å². The minimum absolute atomic E-state index is 0.0291. The van der Waals surface area contributed by atoms with Crippen molar-refractivity contribution < 1.29 is 14.3 Å². The first-order valence-electron chi connectivity index (χ1n) is 8.47. The molecule has 0 bridgehead atoms. The summed E-state index contributed by atoms with van der Waals surface area (Å²) in [6, 6.07) is 7.74. The summed E-state index contributed by atoms with van der Waals surface area (Å²) in [7, 11) is 1.56. The van der Waals surface area contributed by atoms with Gasteiger partial charge in [0, 0.05) is 45.4 Å². The Kier molecular flexibility index (Phi) is 6.75. The first-order chi connectivity index (χ1) is 11.6. The summed E-state index contributed by atoms with van der Waals surface area (Å²) in [5, 5.41) is 0. The quantitative estimate of drug-likeness (QED) is 0.839. The second-order valence-electron chi connectivity index (χ2n) is 6.02. The Labute approximate surface area is 143 Å². The summed E-state index contributed by atoms with van der Waals surface area (Å²) >= 11 is 0. The molecule has 2 rings (SSSR count). The topological polar surface area (TPSA) is 75.9 Å². The molecule has 132 valence electrons. The van der Waals surface area contributed by atoms with Crippen molar-refractivity contribution in [2.75, 3.05) is 39.8 Å². The number of nitrogens with zero attached hydrogens (tertiary/aromatic N) is 2. The number of carbonyl (C=O) groups is 2. The summed E-state index contributed by atoms with van der Waals surface area (Å²) in [5.41, 5.74) is 7.48. The zero-order valence-corrected chi connectivity index (χ0v) is 14.5. The molecular formula is C18H27N3O3. The van der Waals surface area contributed by atoms with Gasteiger partial charge in [0.25, 0.3) is 5.91 Å². The van der Waals surface area contributed by atoms with E-state index in [2.05, 4.69) is 6.92 Å². The van der Waals surface area contributed by atoms with Gasteiger partial charge in [0.05, 0.1) is 12.5 Å². The molecule has 1 aliphatic rings. The van der Waals surface area contributed by atoms with Crippen molar-refractivity contribution in [3.05, 3.63) is 35.4 Å². The van der Waals surface area contributed by atoms with E-state index in [1.807, 2.05) is 29.2 Å². The maximum Gasteiger partial charge on any atom is 0.253 e. The lowest BCUT2D eigenvalue weighted by Gasteiger charge is -2.35. The van der Waals surface area contributed by atoms with Crippen LogP contribution < -0.4 is 5.73 Å². The third kappa shape index (κ3) is 4.55. The van der Waals surface area contributed by atoms with Crippen LogP contribution in [0.3, 0.4) is 0 Å². The molecular weight excluding hydrogens is 306 g/mol. The molecule has 1 unspecified atom stereocenters. The smallest absolute Gasteiger partial charge is 0.253 e. The molecule has 24 heavy (non-hydrogen) atoms. The molecule has 0 aliphatic carbocycles. The normalized spacial score (nSPS) is 16.1. The molecule has 1 fully saturated rings. The highest BCUT2D eigenvalue weighted by Gasteiger charge is 2.26. The summed E-state index contributed by atoms with van der Waals surface area (Å²) in [6.07, 6.45) is 1.01. The maximum absolute atomic E-state index is 12.5. The van der Waals surface area contributed by atoms with Gasteiger partial charge in [-0.15, -0.1) is 0 Å². The first-order valence-corrected chi connectivity index (χ1v) is 8.47. The number of nitrogens with two attached hydrogens (primary N) is 1. The van der Waals surface area contributed by atoms with Crippen molar-refractivity contribution >= 4 is 11.8 Å². The van der Waals surface area contributed by atoms with E-state index in [4.69, 9.17) is 10.5 Å². The zero-order chi connectivity index (χ0) is 17.5. The molecule has 1 aromatic carbocycles. The van der Waals surface area contributed by atoms with Crippen molar-refractivity contribution in [3.63, 3.8) is 0 Å². The Morgan fingerprint density at radius 3 is 2.21 bits per heavy atom. The van der Waals surface area contributed by atoms with Crippen molar-refractivity contribution in [2.45, 2.75) is 25.9 Å². The standard InChI is InChI=1S/C18H27N3O3/c1-3-14-4-6-15(7-5-14)18(23)21-10-8-20(9-11-21)17(22)12-16(13-19)24-2/h4-7,16H,3,8-13,19H2,1-2H3. The second kappa shape index (κ2) is 8.80. The summed E-state index contributed by atoms with van der Waals surface area (Å²) in [5.74, 6) is 0.0631. The van der Waals surface area contributed by atoms with Gasteiger partial charge in [-0.05, 0) is 24.1 Å². The van der Waals surface area contributed by atoms with E-state index in [0.29, 0.717) is 44.7 Å². The Morgan fingerprint density at radius 2 is 1.71 bits per heavy atom. The highest BCUT2D eigenvalue weighted by atomic mass is 16.5. The van der Waals surface area contributed by atoms with E-state index >= 15 is 0 Å². The SMILES string of the molecule is CCc1ccc(C(=O)N2CCN(C(=O)CC(CN)OC)CC2)cc1. The summed E-state index contributed by atoms with van der Waals surface area (Å²) in [4.78, 5) is 28.4. The van der Waals surface area contributed by atoms with E-state index in [1.54, 1.807) is 12.0 Å². The summed E-state index contributed by atoms with van der Waals surface area (Å²) in [6.45, 7) is 4.64. The molecule has 6 heteroatoms. The lowest BCUT2D eigenvalue weighted by Crippen LogP contribution is -2.51. The summed E-state index contributed by atoms with van der Waals surface area (Å²) < 4.78 is 5.16. The van der Waals surface area contributed by atoms with Crippen LogP contribution in [0.5, 0.6) is 0 Å². The molecule has 1 heterocycles. The van der Waals surface area contributed by atoms with Crippen LogP contribution in [-0.2, 0) is 16.0 Å². The Balaban J connectivity index is 1.87. The first kappa shape index (κ1) is 18.4. The molecule has 0 aromatic heterocycles. The van der Waals surface area contributed by atoms with Crippen molar-refractivity contribution in [1.82, 2.24) is 9.80 Å². The van der Waals surface area contributed by atoms with Crippen LogP contribution in [0.15, 0.2) is 24.3 Å². The molecule has 0 saturated carbocycles. The Bertz CT molecular complexity index is 547. The number of benzene rings is 1. The van der Waals surface area contributed by atoms with E-state index in [-0.39, 0.29) is 17.9 Å². The monoisotopic (exact) mass is 333 g/mol. The number of methoxy groups -OCH3 is 1. The third-order valence-corrected chi connectivity index (χ3v) is 4.53. The van der Waals surface area contributed by atoms with E-state index in [9.17, 15) is 9.59 Å². The minimum Gasteiger partial charge on any atom is -0.380 e. The second-order valence-corrected chi connectivity index (χ2v) is 6.02. The van der Waals surface area contributed by atoms with Crippen molar-refractivity contribution in [1.29, 1.82) is 0 Å². The Hall–Kier alpha value is -1.92. The number of aryl methyl sites for hydroxylation is 1. The Morgan fingerprint density at radius 1 is 1.12 bits per heavy atom. The molecule has 0 radical (unpaired) electrons. The highest BCUT2D eigenvalue weighted by Crippen LogP contribution is 2.12. The van der Waals surface area contributed by atoms with Gasteiger partial charge in [-0.1, -0.05) is 19.1 Å². The number of rotatable bonds is 6. The number of piperazine rings is 1. The predicted octanol–water partition coefficient (Wildman–Crippen LogP) is 0.897. The van der Waals surface area contributed by atoms with Gasteiger partial charge < -0.3 is 20.3 Å². The van der Waals surface area contributed by atoms with Crippen LogP contribution in [0.1, 0.15) is 29.3 Å². The molecule has 6 nitrogen and oxygen atoms in total. The fourth-order valence-corrected chi connectivity index (χ4v) is 2.81. The van der Waals surface area contributed by atoms with Crippen LogP contribution in [0, 0.1) is 0 Å². The molecule has 0 spiro atoms. The van der Waals surface area contributed by atoms with Gasteiger partial charge in [-0.2, -0.15) is 0 Å². The van der Waals surface area contributed by atoms with Gasteiger partial charge in [0.2, 0.25) is 5.91 Å². The highest BCUT2D eigenvalue weighted by molar-refractivity contribution is 5.94. The van der Waals surface area contributed by atoms with Crippen LogP contribution in [0.4, 0.5) is 0 Å². The van der Waals surface area contributed by atoms with Crippen molar-refractivity contribution in [2.24, 2.45) is 5.73 Å². The van der Waals surface area contributed by atoms with Gasteiger partial charge in [0.1, 0.15) is 0 Å². The molecule has 1 aromatic rings. The van der Waals surface area contributed by atoms with Crippen LogP contribution >= 0.6 is 0 Å².